The first-order valence-electron chi connectivity index (χ1n) is 8.78. The molecule has 0 aliphatic carbocycles. The highest BCUT2D eigenvalue weighted by molar-refractivity contribution is 5.92. The highest BCUT2D eigenvalue weighted by Gasteiger charge is 2.15. The third-order valence-electron chi connectivity index (χ3n) is 4.35. The Bertz CT molecular complexity index is 601. The Morgan fingerprint density at radius 1 is 1.24 bits per heavy atom. The van der Waals surface area contributed by atoms with Crippen LogP contribution in [-0.4, -0.2) is 43.0 Å². The van der Waals surface area contributed by atoms with Gasteiger partial charge >= 0.3 is 6.03 Å². The number of nitrogens with one attached hydrogen (secondary N) is 3. The molecular formula is C18H27FN4O2. The van der Waals surface area contributed by atoms with Crippen LogP contribution >= 0.6 is 0 Å². The summed E-state index contributed by atoms with van der Waals surface area (Å²) >= 11 is 0. The van der Waals surface area contributed by atoms with Gasteiger partial charge in [-0.15, -0.1) is 0 Å². The van der Waals surface area contributed by atoms with Gasteiger partial charge in [-0.2, -0.15) is 0 Å². The first-order valence-corrected chi connectivity index (χ1v) is 8.78. The van der Waals surface area contributed by atoms with E-state index in [2.05, 4.69) is 27.8 Å². The van der Waals surface area contributed by atoms with Gasteiger partial charge in [0, 0.05) is 19.2 Å². The van der Waals surface area contributed by atoms with E-state index in [0.29, 0.717) is 12.2 Å². The fourth-order valence-electron chi connectivity index (χ4n) is 2.85. The molecule has 25 heavy (non-hydrogen) atoms. The number of carbonyl (C=O) groups excluding carboxylic acids is 2. The van der Waals surface area contributed by atoms with Gasteiger partial charge in [-0.3, -0.25) is 4.79 Å². The summed E-state index contributed by atoms with van der Waals surface area (Å²) in [5, 5.41) is 7.83. The van der Waals surface area contributed by atoms with Crippen molar-refractivity contribution in [3.63, 3.8) is 0 Å². The molecule has 7 heteroatoms. The highest BCUT2D eigenvalue weighted by Crippen LogP contribution is 2.19. The van der Waals surface area contributed by atoms with E-state index in [-0.39, 0.29) is 17.6 Å². The standard InChI is InChI=1S/C18H27FN4O2/c1-13-6-10-23(11-7-13)9-3-8-20-18(25)22-15-4-5-16(19)17(12-15)21-14(2)24/h4-5,12-13H,3,6-11H2,1-2H3,(H,21,24)(H2,20,22,25). The highest BCUT2D eigenvalue weighted by atomic mass is 19.1. The van der Waals surface area contributed by atoms with Crippen molar-refractivity contribution in [2.24, 2.45) is 5.92 Å². The fraction of sp³-hybridized carbons (Fsp3) is 0.556. The number of nitrogens with zero attached hydrogens (tertiary/aromatic N) is 1. The summed E-state index contributed by atoms with van der Waals surface area (Å²) < 4.78 is 13.6. The molecule has 0 saturated carbocycles. The van der Waals surface area contributed by atoms with Gasteiger partial charge < -0.3 is 20.9 Å². The smallest absolute Gasteiger partial charge is 0.319 e. The van der Waals surface area contributed by atoms with E-state index in [1.807, 2.05) is 0 Å². The fourth-order valence-corrected chi connectivity index (χ4v) is 2.85. The van der Waals surface area contributed by atoms with E-state index in [9.17, 15) is 14.0 Å². The first kappa shape index (κ1) is 19.2. The number of carbonyl (C=O) groups is 2. The van der Waals surface area contributed by atoms with Crippen LogP contribution in [0.1, 0.15) is 33.1 Å². The van der Waals surface area contributed by atoms with Crippen molar-refractivity contribution in [1.82, 2.24) is 10.2 Å². The number of halogens is 1. The molecule has 1 aliphatic rings. The van der Waals surface area contributed by atoms with Crippen molar-refractivity contribution in [2.75, 3.05) is 36.8 Å². The lowest BCUT2D eigenvalue weighted by Crippen LogP contribution is -2.36. The lowest BCUT2D eigenvalue weighted by molar-refractivity contribution is -0.114. The normalized spacial score (nSPS) is 15.6. The van der Waals surface area contributed by atoms with Gasteiger partial charge in [0.15, 0.2) is 0 Å². The van der Waals surface area contributed by atoms with Crippen LogP contribution in [0.2, 0.25) is 0 Å². The van der Waals surface area contributed by atoms with Crippen LogP contribution in [0.5, 0.6) is 0 Å². The summed E-state index contributed by atoms with van der Waals surface area (Å²) in [5.41, 5.74) is 0.470. The Kier molecular flexibility index (Phi) is 7.18. The van der Waals surface area contributed by atoms with Crippen molar-refractivity contribution >= 4 is 23.3 Å². The predicted octanol–water partition coefficient (Wildman–Crippen LogP) is 3.03. The van der Waals surface area contributed by atoms with Crippen molar-refractivity contribution < 1.29 is 14.0 Å². The number of anilines is 2. The Hall–Kier alpha value is -2.15. The van der Waals surface area contributed by atoms with Gasteiger partial charge in [0.25, 0.3) is 0 Å². The number of amides is 3. The third kappa shape index (κ3) is 6.70. The summed E-state index contributed by atoms with van der Waals surface area (Å²) in [6.07, 6.45) is 3.38. The monoisotopic (exact) mass is 350 g/mol. The summed E-state index contributed by atoms with van der Waals surface area (Å²) in [5.74, 6) is -0.0946. The molecule has 1 aliphatic heterocycles. The maximum absolute atomic E-state index is 13.6. The van der Waals surface area contributed by atoms with Crippen LogP contribution in [0.4, 0.5) is 20.6 Å². The number of hydrogen-bond donors (Lipinski definition) is 3. The number of urea groups is 1. The average Bonchev–Trinajstić information content (AvgIpc) is 2.56. The van der Waals surface area contributed by atoms with Gasteiger partial charge in [0.1, 0.15) is 5.82 Å². The van der Waals surface area contributed by atoms with Crippen LogP contribution in [-0.2, 0) is 4.79 Å². The Labute approximate surface area is 148 Å². The molecule has 0 spiro atoms. The summed E-state index contributed by atoms with van der Waals surface area (Å²) in [7, 11) is 0. The van der Waals surface area contributed by atoms with E-state index >= 15 is 0 Å². The van der Waals surface area contributed by atoms with Gasteiger partial charge in [-0.1, -0.05) is 6.92 Å². The molecule has 1 heterocycles. The lowest BCUT2D eigenvalue weighted by Gasteiger charge is -2.30. The third-order valence-corrected chi connectivity index (χ3v) is 4.35. The molecular weight excluding hydrogens is 323 g/mol. The SMILES string of the molecule is CC(=O)Nc1cc(NC(=O)NCCCN2CCC(C)CC2)ccc1F. The van der Waals surface area contributed by atoms with Gasteiger partial charge in [0.05, 0.1) is 5.69 Å². The molecule has 2 rings (SSSR count). The van der Waals surface area contributed by atoms with Gasteiger partial charge in [0.2, 0.25) is 5.91 Å². The molecule has 3 amide bonds. The van der Waals surface area contributed by atoms with Crippen LogP contribution < -0.4 is 16.0 Å². The number of hydrogen-bond acceptors (Lipinski definition) is 3. The molecule has 0 radical (unpaired) electrons. The van der Waals surface area contributed by atoms with Crippen molar-refractivity contribution in [3.05, 3.63) is 24.0 Å². The first-order chi connectivity index (χ1) is 11.9. The zero-order valence-corrected chi connectivity index (χ0v) is 14.9. The summed E-state index contributed by atoms with van der Waals surface area (Å²) in [6.45, 7) is 7.42. The van der Waals surface area contributed by atoms with Crippen LogP contribution in [0, 0.1) is 11.7 Å². The molecule has 0 aromatic heterocycles. The van der Waals surface area contributed by atoms with Gasteiger partial charge in [-0.05, 0) is 63.0 Å². The largest absolute Gasteiger partial charge is 0.338 e. The minimum absolute atomic E-state index is 0.0460. The van der Waals surface area contributed by atoms with Crippen LogP contribution in [0.25, 0.3) is 0 Å². The Morgan fingerprint density at radius 3 is 2.64 bits per heavy atom. The minimum atomic E-state index is -0.544. The zero-order valence-electron chi connectivity index (χ0n) is 14.9. The molecule has 138 valence electrons. The van der Waals surface area contributed by atoms with Crippen molar-refractivity contribution in [3.8, 4) is 0 Å². The molecule has 0 bridgehead atoms. The number of likely N-dealkylation sites (tertiary alicyclic amines) is 1. The van der Waals surface area contributed by atoms with Crippen LogP contribution in [0.3, 0.4) is 0 Å². The summed E-state index contributed by atoms with van der Waals surface area (Å²) in [6, 6.07) is 3.71. The average molecular weight is 350 g/mol. The molecule has 0 atom stereocenters. The molecule has 1 aromatic rings. The maximum atomic E-state index is 13.6. The van der Waals surface area contributed by atoms with E-state index in [4.69, 9.17) is 0 Å². The molecule has 6 nitrogen and oxygen atoms in total. The Balaban J connectivity index is 1.70. The van der Waals surface area contributed by atoms with E-state index in [0.717, 1.165) is 32.0 Å². The second kappa shape index (κ2) is 9.36. The molecule has 0 unspecified atom stereocenters. The number of piperidine rings is 1. The number of benzene rings is 1. The lowest BCUT2D eigenvalue weighted by atomic mass is 9.99. The second-order valence-electron chi connectivity index (χ2n) is 6.63. The van der Waals surface area contributed by atoms with E-state index < -0.39 is 5.82 Å². The topological polar surface area (TPSA) is 73.5 Å². The van der Waals surface area contributed by atoms with Crippen LogP contribution in [0.15, 0.2) is 18.2 Å². The van der Waals surface area contributed by atoms with E-state index in [1.165, 1.54) is 38.0 Å². The second-order valence-corrected chi connectivity index (χ2v) is 6.63. The summed E-state index contributed by atoms with van der Waals surface area (Å²) in [4.78, 5) is 25.4. The van der Waals surface area contributed by atoms with Gasteiger partial charge in [-0.25, -0.2) is 9.18 Å². The maximum Gasteiger partial charge on any atom is 0.319 e. The van der Waals surface area contributed by atoms with Crippen molar-refractivity contribution in [1.29, 1.82) is 0 Å². The van der Waals surface area contributed by atoms with Crippen molar-refractivity contribution in [2.45, 2.75) is 33.1 Å². The van der Waals surface area contributed by atoms with E-state index in [1.54, 1.807) is 0 Å². The number of rotatable bonds is 6. The minimum Gasteiger partial charge on any atom is -0.338 e. The quantitative estimate of drug-likeness (QED) is 0.691. The molecule has 3 N–H and O–H groups in total. The molecule has 1 fully saturated rings. The zero-order chi connectivity index (χ0) is 18.2. The predicted molar refractivity (Wildman–Crippen MR) is 97.2 cm³/mol. The molecule has 1 saturated heterocycles. The Morgan fingerprint density at radius 2 is 1.96 bits per heavy atom. The molecule has 1 aromatic carbocycles.